The van der Waals surface area contributed by atoms with E-state index < -0.39 is 17.4 Å². The number of cyclic esters (lactones) is 1. The van der Waals surface area contributed by atoms with Gasteiger partial charge in [-0.25, -0.2) is 0 Å². The molecule has 1 aliphatic heterocycles. The number of rotatable bonds is 5. The Kier molecular flexibility index (Phi) is 7.78. The van der Waals surface area contributed by atoms with Crippen LogP contribution in [0.4, 0.5) is 0 Å². The summed E-state index contributed by atoms with van der Waals surface area (Å²) in [7, 11) is 0. The van der Waals surface area contributed by atoms with Gasteiger partial charge in [-0.2, -0.15) is 0 Å². The summed E-state index contributed by atoms with van der Waals surface area (Å²) in [4.78, 5) is 37.8. The van der Waals surface area contributed by atoms with Crippen LogP contribution < -0.4 is 0 Å². The lowest BCUT2D eigenvalue weighted by atomic mass is 9.73. The Morgan fingerprint density at radius 3 is 2.06 bits per heavy atom. The van der Waals surface area contributed by atoms with E-state index in [4.69, 9.17) is 14.2 Å². The van der Waals surface area contributed by atoms with Crippen LogP contribution in [0, 0.1) is 23.7 Å². The third kappa shape index (κ3) is 5.85. The summed E-state index contributed by atoms with van der Waals surface area (Å²) in [5, 5.41) is 0. The molecule has 0 amide bonds. The fourth-order valence-corrected chi connectivity index (χ4v) is 6.46. The minimum atomic E-state index is -0.837. The first-order valence-corrected chi connectivity index (χ1v) is 13.0. The van der Waals surface area contributed by atoms with Crippen molar-refractivity contribution in [2.45, 2.75) is 115 Å². The average molecular weight is 449 g/mol. The largest absolute Gasteiger partial charge is 0.465 e. The van der Waals surface area contributed by atoms with Gasteiger partial charge < -0.3 is 14.2 Å². The SMILES string of the molecule is CC1(OC(=O)C2CCCCC2C(=O)OC2CCC(C3CCCCC3)CC2)CCOC(=O)C1. The van der Waals surface area contributed by atoms with E-state index >= 15 is 0 Å². The van der Waals surface area contributed by atoms with Gasteiger partial charge in [-0.05, 0) is 57.3 Å². The van der Waals surface area contributed by atoms with Crippen molar-refractivity contribution in [3.05, 3.63) is 0 Å². The molecular formula is C26H40O6. The molecule has 3 atom stereocenters. The molecule has 4 aliphatic rings. The van der Waals surface area contributed by atoms with Crippen molar-refractivity contribution in [2.75, 3.05) is 6.61 Å². The average Bonchev–Trinajstić information content (AvgIpc) is 2.79. The van der Waals surface area contributed by atoms with E-state index in [-0.39, 0.29) is 37.0 Å². The van der Waals surface area contributed by atoms with Gasteiger partial charge in [-0.1, -0.05) is 44.9 Å². The normalized spacial score (nSPS) is 36.7. The Balaban J connectivity index is 1.29. The van der Waals surface area contributed by atoms with E-state index in [0.29, 0.717) is 19.3 Å². The maximum absolute atomic E-state index is 13.1. The lowest BCUT2D eigenvalue weighted by Gasteiger charge is -2.37. The summed E-state index contributed by atoms with van der Waals surface area (Å²) in [5.41, 5.74) is -0.837. The van der Waals surface area contributed by atoms with Crippen molar-refractivity contribution in [3.63, 3.8) is 0 Å². The number of hydrogen-bond acceptors (Lipinski definition) is 6. The highest BCUT2D eigenvalue weighted by molar-refractivity contribution is 5.83. The number of carbonyl (C=O) groups is 3. The van der Waals surface area contributed by atoms with E-state index in [0.717, 1.165) is 50.4 Å². The summed E-state index contributed by atoms with van der Waals surface area (Å²) in [6.45, 7) is 2.05. The molecule has 4 fully saturated rings. The van der Waals surface area contributed by atoms with Gasteiger partial charge in [0.25, 0.3) is 0 Å². The summed E-state index contributed by atoms with van der Waals surface area (Å²) < 4.78 is 16.7. The Labute approximate surface area is 192 Å². The van der Waals surface area contributed by atoms with Crippen molar-refractivity contribution >= 4 is 17.9 Å². The van der Waals surface area contributed by atoms with Gasteiger partial charge in [0.05, 0.1) is 24.9 Å². The second-order valence-corrected chi connectivity index (χ2v) is 10.9. The molecule has 3 unspecified atom stereocenters. The summed E-state index contributed by atoms with van der Waals surface area (Å²) in [5.74, 6) is -0.140. The molecule has 0 aromatic heterocycles. The molecule has 6 heteroatoms. The van der Waals surface area contributed by atoms with Gasteiger partial charge in [0.1, 0.15) is 11.7 Å². The van der Waals surface area contributed by atoms with Crippen LogP contribution in [0.2, 0.25) is 0 Å². The van der Waals surface area contributed by atoms with Crippen LogP contribution in [-0.2, 0) is 28.6 Å². The summed E-state index contributed by atoms with van der Waals surface area (Å²) in [6.07, 6.45) is 14.8. The molecular weight excluding hydrogens is 408 g/mol. The highest BCUT2D eigenvalue weighted by Gasteiger charge is 2.43. The fourth-order valence-electron chi connectivity index (χ4n) is 6.46. The van der Waals surface area contributed by atoms with E-state index in [1.807, 2.05) is 0 Å². The molecule has 32 heavy (non-hydrogen) atoms. The molecule has 1 heterocycles. The highest BCUT2D eigenvalue weighted by atomic mass is 16.6. The zero-order chi connectivity index (χ0) is 22.6. The smallest absolute Gasteiger partial charge is 0.310 e. The lowest BCUT2D eigenvalue weighted by molar-refractivity contribution is -0.184. The van der Waals surface area contributed by atoms with E-state index in [1.54, 1.807) is 6.92 Å². The van der Waals surface area contributed by atoms with Crippen LogP contribution in [0.1, 0.15) is 103 Å². The van der Waals surface area contributed by atoms with Crippen molar-refractivity contribution in [2.24, 2.45) is 23.7 Å². The molecule has 0 radical (unpaired) electrons. The monoisotopic (exact) mass is 448 g/mol. The maximum Gasteiger partial charge on any atom is 0.310 e. The van der Waals surface area contributed by atoms with Gasteiger partial charge >= 0.3 is 17.9 Å². The van der Waals surface area contributed by atoms with Crippen LogP contribution >= 0.6 is 0 Å². The fraction of sp³-hybridized carbons (Fsp3) is 0.885. The molecule has 6 nitrogen and oxygen atoms in total. The topological polar surface area (TPSA) is 78.9 Å². The van der Waals surface area contributed by atoms with Gasteiger partial charge in [0.2, 0.25) is 0 Å². The molecule has 0 bridgehead atoms. The number of hydrogen-bond donors (Lipinski definition) is 0. The zero-order valence-corrected chi connectivity index (χ0v) is 19.6. The van der Waals surface area contributed by atoms with Crippen LogP contribution in [0.5, 0.6) is 0 Å². The first kappa shape index (κ1) is 23.6. The predicted octanol–water partition coefficient (Wildman–Crippen LogP) is 5.11. The summed E-state index contributed by atoms with van der Waals surface area (Å²) >= 11 is 0. The number of esters is 3. The molecule has 0 aromatic carbocycles. The molecule has 4 rings (SSSR count). The van der Waals surface area contributed by atoms with Gasteiger partial charge in [-0.15, -0.1) is 0 Å². The van der Waals surface area contributed by atoms with Crippen molar-refractivity contribution in [3.8, 4) is 0 Å². The molecule has 180 valence electrons. The second kappa shape index (κ2) is 10.6. The third-order valence-electron chi connectivity index (χ3n) is 8.45. The molecule has 3 saturated carbocycles. The van der Waals surface area contributed by atoms with Crippen molar-refractivity contribution < 1.29 is 28.6 Å². The van der Waals surface area contributed by atoms with Gasteiger partial charge in [0, 0.05) is 6.42 Å². The van der Waals surface area contributed by atoms with Crippen LogP contribution in [0.3, 0.4) is 0 Å². The Bertz CT molecular complexity index is 676. The minimum absolute atomic E-state index is 0.00781. The third-order valence-corrected chi connectivity index (χ3v) is 8.45. The van der Waals surface area contributed by atoms with Crippen LogP contribution in [0.25, 0.3) is 0 Å². The Hall–Kier alpha value is -1.59. The first-order chi connectivity index (χ1) is 15.4. The Morgan fingerprint density at radius 1 is 0.812 bits per heavy atom. The van der Waals surface area contributed by atoms with Gasteiger partial charge in [0.15, 0.2) is 0 Å². The summed E-state index contributed by atoms with van der Waals surface area (Å²) in [6, 6.07) is 0. The van der Waals surface area contributed by atoms with E-state index in [9.17, 15) is 14.4 Å². The number of ether oxygens (including phenoxy) is 3. The predicted molar refractivity (Wildman–Crippen MR) is 119 cm³/mol. The van der Waals surface area contributed by atoms with E-state index in [1.165, 1.54) is 32.1 Å². The minimum Gasteiger partial charge on any atom is -0.465 e. The quantitative estimate of drug-likeness (QED) is 0.429. The molecule has 0 aromatic rings. The highest BCUT2D eigenvalue weighted by Crippen LogP contribution is 2.40. The molecule has 0 spiro atoms. The maximum atomic E-state index is 13.1. The standard InChI is InChI=1S/C26H40O6/c1-26(15-16-30-23(27)17-26)32-25(29)22-10-6-5-9-21(22)24(28)31-20-13-11-19(12-14-20)18-7-3-2-4-8-18/h18-22H,2-17H2,1H3. The van der Waals surface area contributed by atoms with Crippen LogP contribution in [0.15, 0.2) is 0 Å². The molecule has 1 saturated heterocycles. The Morgan fingerprint density at radius 2 is 1.41 bits per heavy atom. The number of carbonyl (C=O) groups excluding carboxylic acids is 3. The first-order valence-electron chi connectivity index (χ1n) is 13.0. The molecule has 0 N–H and O–H groups in total. The zero-order valence-electron chi connectivity index (χ0n) is 19.6. The van der Waals surface area contributed by atoms with Crippen molar-refractivity contribution in [1.82, 2.24) is 0 Å². The van der Waals surface area contributed by atoms with E-state index in [2.05, 4.69) is 0 Å². The lowest BCUT2D eigenvalue weighted by Crippen LogP contribution is -2.44. The van der Waals surface area contributed by atoms with Crippen molar-refractivity contribution in [1.29, 1.82) is 0 Å². The molecule has 3 aliphatic carbocycles. The second-order valence-electron chi connectivity index (χ2n) is 10.9. The van der Waals surface area contributed by atoms with Crippen LogP contribution in [-0.4, -0.2) is 36.2 Å². The van der Waals surface area contributed by atoms with Gasteiger partial charge in [-0.3, -0.25) is 14.4 Å².